The van der Waals surface area contributed by atoms with Crippen molar-refractivity contribution >= 4 is 32.6 Å². The first-order valence-electron chi connectivity index (χ1n) is 12.0. The molecule has 0 radical (unpaired) electrons. The highest BCUT2D eigenvalue weighted by Gasteiger charge is 2.16. The number of rotatable bonds is 17. The monoisotopic (exact) mass is 503 g/mol. The van der Waals surface area contributed by atoms with Gasteiger partial charge < -0.3 is 10.5 Å². The second kappa shape index (κ2) is 19.9. The number of methoxy groups -OCH3 is 1. The van der Waals surface area contributed by atoms with Gasteiger partial charge in [0.15, 0.2) is 0 Å². The van der Waals surface area contributed by atoms with E-state index in [4.69, 9.17) is 26.6 Å². The fraction of sp³-hybridized carbons (Fsp3) is 0.640. The lowest BCUT2D eigenvalue weighted by molar-refractivity contribution is -0.111. The number of ether oxygens (including phenoxy) is 1. The van der Waals surface area contributed by atoms with Crippen LogP contribution in [-0.4, -0.2) is 25.3 Å². The maximum absolute atomic E-state index is 10.8. The summed E-state index contributed by atoms with van der Waals surface area (Å²) in [7, 11) is -2.97. The van der Waals surface area contributed by atoms with Crippen LogP contribution >= 0.6 is 11.6 Å². The molecule has 3 N–H and O–H groups in total. The molecule has 0 atom stereocenters. The van der Waals surface area contributed by atoms with Crippen molar-refractivity contribution in [1.82, 2.24) is 0 Å². The van der Waals surface area contributed by atoms with E-state index in [1.807, 2.05) is 0 Å². The smallest absolute Gasteiger partial charge is 0.298 e. The minimum atomic E-state index is -4.27. The van der Waals surface area contributed by atoms with Crippen molar-refractivity contribution in [2.45, 2.75) is 102 Å². The molecule has 0 aliphatic carbocycles. The van der Waals surface area contributed by atoms with Gasteiger partial charge in [-0.2, -0.15) is 8.42 Å². The average molecular weight is 504 g/mol. The molecule has 0 aliphatic heterocycles. The van der Waals surface area contributed by atoms with Crippen molar-refractivity contribution in [2.75, 3.05) is 12.8 Å². The Hall–Kier alpha value is -1.57. The summed E-state index contributed by atoms with van der Waals surface area (Å²) in [6.45, 7) is 2.26. The molecule has 0 saturated carbocycles. The van der Waals surface area contributed by atoms with Crippen molar-refractivity contribution in [3.05, 3.63) is 30.4 Å². The van der Waals surface area contributed by atoms with E-state index in [1.54, 1.807) is 0 Å². The number of hydrogen-bond donors (Lipinski definition) is 2. The van der Waals surface area contributed by atoms with Crippen LogP contribution in [0.1, 0.15) is 96.8 Å². The summed E-state index contributed by atoms with van der Waals surface area (Å²) in [5.41, 5.74) is 5.59. The van der Waals surface area contributed by atoms with Crippen LogP contribution in [0.4, 0.5) is 5.69 Å². The second-order valence-electron chi connectivity index (χ2n) is 8.07. The van der Waals surface area contributed by atoms with Gasteiger partial charge in [-0.3, -0.25) is 9.35 Å². The van der Waals surface area contributed by atoms with Crippen molar-refractivity contribution < 1.29 is 22.5 Å². The fourth-order valence-electron chi connectivity index (χ4n) is 3.23. The number of benzene rings is 1. The molecule has 0 saturated heterocycles. The maximum atomic E-state index is 10.8. The Labute approximate surface area is 205 Å². The lowest BCUT2D eigenvalue weighted by Crippen LogP contribution is -2.02. The Morgan fingerprint density at radius 3 is 1.97 bits per heavy atom. The van der Waals surface area contributed by atoms with E-state index in [0.717, 1.165) is 18.9 Å². The highest BCUT2D eigenvalue weighted by atomic mass is 35.5. The van der Waals surface area contributed by atoms with Gasteiger partial charge in [0, 0.05) is 12.1 Å². The predicted octanol–water partition coefficient (Wildman–Crippen LogP) is 7.31. The van der Waals surface area contributed by atoms with Gasteiger partial charge in [0.2, 0.25) is 5.24 Å². The Morgan fingerprint density at radius 2 is 1.48 bits per heavy atom. The zero-order chi connectivity index (χ0) is 25.0. The third kappa shape index (κ3) is 18.5. The van der Waals surface area contributed by atoms with Crippen LogP contribution in [0.5, 0.6) is 5.75 Å². The number of carbonyl (C=O) groups is 1. The largest absolute Gasteiger partial charge is 0.495 e. The van der Waals surface area contributed by atoms with Crippen molar-refractivity contribution in [2.24, 2.45) is 0 Å². The van der Waals surface area contributed by atoms with Gasteiger partial charge in [0.05, 0.1) is 7.11 Å². The molecule has 0 aromatic heterocycles. The van der Waals surface area contributed by atoms with E-state index in [-0.39, 0.29) is 21.6 Å². The molecule has 6 nitrogen and oxygen atoms in total. The van der Waals surface area contributed by atoms with Crippen molar-refractivity contribution in [3.63, 3.8) is 0 Å². The van der Waals surface area contributed by atoms with Gasteiger partial charge in [-0.1, -0.05) is 70.4 Å². The molecule has 1 rings (SSSR count). The molecule has 0 bridgehead atoms. The van der Waals surface area contributed by atoms with Crippen molar-refractivity contribution in [3.8, 4) is 5.75 Å². The zero-order valence-corrected chi connectivity index (χ0v) is 21.8. The first kappa shape index (κ1) is 31.4. The summed E-state index contributed by atoms with van der Waals surface area (Å²) < 4.78 is 35.1. The minimum absolute atomic E-state index is 0.0664. The van der Waals surface area contributed by atoms with Crippen molar-refractivity contribution in [1.29, 1.82) is 0 Å². The molecule has 1 aromatic carbocycles. The normalized spacial score (nSPS) is 11.3. The van der Waals surface area contributed by atoms with E-state index in [2.05, 4.69) is 19.1 Å². The number of allylic oxidation sites excluding steroid dienone is 2. The summed E-state index contributed by atoms with van der Waals surface area (Å²) in [5.74, 6) is 0.0664. The van der Waals surface area contributed by atoms with E-state index < -0.39 is 10.1 Å². The fourth-order valence-corrected chi connectivity index (χ4v) is 4.05. The molecule has 0 spiro atoms. The first-order valence-corrected chi connectivity index (χ1v) is 13.8. The molecule has 0 unspecified atom stereocenters. The Kier molecular flexibility index (Phi) is 18.9. The lowest BCUT2D eigenvalue weighted by atomic mass is 10.1. The van der Waals surface area contributed by atoms with Gasteiger partial charge in [0.1, 0.15) is 10.6 Å². The summed E-state index contributed by atoms with van der Waals surface area (Å²) in [6.07, 6.45) is 21.9. The lowest BCUT2D eigenvalue weighted by Gasteiger charge is -2.05. The minimum Gasteiger partial charge on any atom is -0.495 e. The van der Waals surface area contributed by atoms with Crippen LogP contribution < -0.4 is 10.5 Å². The third-order valence-corrected chi connectivity index (χ3v) is 6.16. The Morgan fingerprint density at radius 1 is 0.970 bits per heavy atom. The van der Waals surface area contributed by atoms with Crippen LogP contribution in [-0.2, 0) is 14.9 Å². The summed E-state index contributed by atoms with van der Waals surface area (Å²) in [5, 5.41) is -0.192. The standard InChI is InChI=1S/C18H33ClO.C7H9NO4S/c1-2-3-4-5-6-7-8-9-10-11-12-13-14-15-16-17-18(19)20;1-12-6-3-2-5(8)4-7(6)13(9,10)11/h9-10H,2-8,11-17H2,1H3;2-4H,8H2,1H3,(H,9,10,11)/b10-9-;. The van der Waals surface area contributed by atoms with Crippen LogP contribution in [0.15, 0.2) is 35.2 Å². The molecule has 0 aliphatic rings. The number of anilines is 1. The van der Waals surface area contributed by atoms with Gasteiger partial charge in [-0.05, 0) is 61.9 Å². The molecule has 0 heterocycles. The Bertz CT molecular complexity index is 781. The molecular formula is C25H42ClNO5S. The molecular weight excluding hydrogens is 462 g/mol. The molecule has 1 aromatic rings. The van der Waals surface area contributed by atoms with E-state index in [0.29, 0.717) is 6.42 Å². The van der Waals surface area contributed by atoms with Gasteiger partial charge in [-0.25, -0.2) is 0 Å². The van der Waals surface area contributed by atoms with Crippen LogP contribution in [0.25, 0.3) is 0 Å². The van der Waals surface area contributed by atoms with Crippen LogP contribution in [0.3, 0.4) is 0 Å². The van der Waals surface area contributed by atoms with Gasteiger partial charge in [0.25, 0.3) is 10.1 Å². The molecule has 33 heavy (non-hydrogen) atoms. The zero-order valence-electron chi connectivity index (χ0n) is 20.2. The highest BCUT2D eigenvalue weighted by Crippen LogP contribution is 2.25. The van der Waals surface area contributed by atoms with Crippen LogP contribution in [0.2, 0.25) is 0 Å². The third-order valence-electron chi connectivity index (χ3n) is 5.10. The summed E-state index contributed by atoms with van der Waals surface area (Å²) in [4.78, 5) is 10.2. The molecule has 190 valence electrons. The number of halogens is 1. The number of unbranched alkanes of at least 4 members (excludes halogenated alkanes) is 11. The summed E-state index contributed by atoms with van der Waals surface area (Å²) in [6, 6.07) is 3.99. The number of hydrogen-bond acceptors (Lipinski definition) is 5. The Balaban J connectivity index is 0.000000676. The van der Waals surface area contributed by atoms with E-state index >= 15 is 0 Å². The second-order valence-corrected chi connectivity index (χ2v) is 9.89. The number of carbonyl (C=O) groups excluding carboxylic acids is 1. The van der Waals surface area contributed by atoms with Gasteiger partial charge >= 0.3 is 0 Å². The topological polar surface area (TPSA) is 107 Å². The van der Waals surface area contributed by atoms with E-state index in [9.17, 15) is 13.2 Å². The quantitative estimate of drug-likeness (QED) is 0.0758. The van der Waals surface area contributed by atoms with Crippen LogP contribution in [0, 0.1) is 0 Å². The summed E-state index contributed by atoms with van der Waals surface area (Å²) >= 11 is 5.29. The highest BCUT2D eigenvalue weighted by molar-refractivity contribution is 7.86. The molecule has 0 fully saturated rings. The SMILES string of the molecule is CCCCCCCC/C=C\CCCCCCCC(=O)Cl.COc1ccc(N)cc1S(=O)(=O)O. The van der Waals surface area contributed by atoms with Gasteiger partial charge in [-0.15, -0.1) is 0 Å². The van der Waals surface area contributed by atoms with E-state index in [1.165, 1.54) is 89.9 Å². The number of nitrogen functional groups attached to an aromatic ring is 1. The first-order chi connectivity index (χ1) is 15.7. The maximum Gasteiger partial charge on any atom is 0.298 e. The molecule has 8 heteroatoms. The molecule has 0 amide bonds. The predicted molar refractivity (Wildman–Crippen MR) is 138 cm³/mol. The average Bonchev–Trinajstić information content (AvgIpc) is 2.76. The number of nitrogens with two attached hydrogens (primary N) is 1.